The van der Waals surface area contributed by atoms with Gasteiger partial charge in [-0.2, -0.15) is 5.10 Å². The first kappa shape index (κ1) is 17.1. The van der Waals surface area contributed by atoms with Gasteiger partial charge in [-0.15, -0.1) is 0 Å². The molecule has 0 radical (unpaired) electrons. The van der Waals surface area contributed by atoms with E-state index in [-0.39, 0.29) is 12.5 Å². The summed E-state index contributed by atoms with van der Waals surface area (Å²) in [6, 6.07) is 1.93. The van der Waals surface area contributed by atoms with Gasteiger partial charge in [0.15, 0.2) is 0 Å². The summed E-state index contributed by atoms with van der Waals surface area (Å²) in [7, 11) is 0. The van der Waals surface area contributed by atoms with Crippen LogP contribution in [0.15, 0.2) is 18.7 Å². The zero-order chi connectivity index (χ0) is 17.5. The van der Waals surface area contributed by atoms with Crippen molar-refractivity contribution in [1.29, 1.82) is 0 Å². The van der Waals surface area contributed by atoms with E-state index >= 15 is 0 Å². The maximum absolute atomic E-state index is 11.8. The van der Waals surface area contributed by atoms with Crippen LogP contribution in [-0.2, 0) is 16.1 Å². The monoisotopic (exact) mass is 346 g/mol. The fourth-order valence-corrected chi connectivity index (χ4v) is 2.51. The Labute approximate surface area is 145 Å². The minimum Gasteiger partial charge on any atom is -0.378 e. The van der Waals surface area contributed by atoms with Gasteiger partial charge < -0.3 is 20.3 Å². The molecule has 1 saturated heterocycles. The smallest absolute Gasteiger partial charge is 0.241 e. The van der Waals surface area contributed by atoms with Gasteiger partial charge in [-0.1, -0.05) is 0 Å². The summed E-state index contributed by atoms with van der Waals surface area (Å²) in [4.78, 5) is 26.6. The molecule has 0 spiro atoms. The second kappa shape index (κ2) is 8.38. The normalized spacial score (nSPS) is 14.4. The van der Waals surface area contributed by atoms with Crippen molar-refractivity contribution in [2.45, 2.75) is 13.5 Å². The molecule has 0 saturated carbocycles. The number of hydrogen-bond acceptors (Lipinski definition) is 8. The number of aryl methyl sites for hydroxylation is 1. The molecule has 2 aromatic rings. The van der Waals surface area contributed by atoms with E-state index in [0.717, 1.165) is 24.7 Å². The molecular formula is C15H22N8O2. The SMILES string of the molecule is Cc1nc(NCCNC(=O)Cn2cncn2)cc(N2CCOCC2)n1. The van der Waals surface area contributed by atoms with Crippen molar-refractivity contribution < 1.29 is 9.53 Å². The molecule has 10 heteroatoms. The molecule has 0 aromatic carbocycles. The largest absolute Gasteiger partial charge is 0.378 e. The summed E-state index contributed by atoms with van der Waals surface area (Å²) in [5.74, 6) is 2.25. The van der Waals surface area contributed by atoms with Crippen LogP contribution in [0.4, 0.5) is 11.6 Å². The highest BCUT2D eigenvalue weighted by molar-refractivity contribution is 5.75. The Morgan fingerprint density at radius 2 is 2.12 bits per heavy atom. The Morgan fingerprint density at radius 3 is 2.88 bits per heavy atom. The highest BCUT2D eigenvalue weighted by Crippen LogP contribution is 2.16. The molecule has 0 unspecified atom stereocenters. The van der Waals surface area contributed by atoms with Gasteiger partial charge in [-0.25, -0.2) is 19.6 Å². The number of aromatic nitrogens is 5. The lowest BCUT2D eigenvalue weighted by molar-refractivity contribution is -0.121. The molecule has 2 aromatic heterocycles. The van der Waals surface area contributed by atoms with E-state index in [0.29, 0.717) is 32.1 Å². The van der Waals surface area contributed by atoms with Gasteiger partial charge in [0.2, 0.25) is 5.91 Å². The topological polar surface area (TPSA) is 110 Å². The third-order valence-corrected chi connectivity index (χ3v) is 3.68. The number of morpholine rings is 1. The van der Waals surface area contributed by atoms with E-state index < -0.39 is 0 Å². The maximum Gasteiger partial charge on any atom is 0.241 e. The second-order valence-corrected chi connectivity index (χ2v) is 5.63. The predicted molar refractivity (Wildman–Crippen MR) is 91.3 cm³/mol. The summed E-state index contributed by atoms with van der Waals surface area (Å²) in [5.41, 5.74) is 0. The van der Waals surface area contributed by atoms with Crippen LogP contribution in [0.2, 0.25) is 0 Å². The zero-order valence-corrected chi connectivity index (χ0v) is 14.2. The number of hydrogen-bond donors (Lipinski definition) is 2. The van der Waals surface area contributed by atoms with Crippen LogP contribution in [0.25, 0.3) is 0 Å². The van der Waals surface area contributed by atoms with Crippen molar-refractivity contribution in [2.24, 2.45) is 0 Å². The standard InChI is InChI=1S/C15H22N8O2/c1-12-20-13(8-14(21-12)22-4-6-25-7-5-22)17-2-3-18-15(24)9-23-11-16-10-19-23/h8,10-11H,2-7,9H2,1H3,(H,18,24)(H,17,20,21). The molecule has 0 aliphatic carbocycles. The maximum atomic E-state index is 11.8. The second-order valence-electron chi connectivity index (χ2n) is 5.63. The van der Waals surface area contributed by atoms with Gasteiger partial charge in [0, 0.05) is 32.2 Å². The average molecular weight is 346 g/mol. The van der Waals surface area contributed by atoms with Gasteiger partial charge in [0.05, 0.1) is 13.2 Å². The number of rotatable bonds is 7. The molecule has 1 fully saturated rings. The number of nitrogens with zero attached hydrogens (tertiary/aromatic N) is 6. The average Bonchev–Trinajstić information content (AvgIpc) is 3.12. The number of nitrogens with one attached hydrogen (secondary N) is 2. The van der Waals surface area contributed by atoms with Crippen LogP contribution < -0.4 is 15.5 Å². The van der Waals surface area contributed by atoms with E-state index in [2.05, 4.69) is 35.6 Å². The molecule has 0 atom stereocenters. The molecule has 1 amide bonds. The Balaban J connectivity index is 1.46. The fourth-order valence-electron chi connectivity index (χ4n) is 2.51. The molecule has 134 valence electrons. The van der Waals surface area contributed by atoms with E-state index in [4.69, 9.17) is 4.74 Å². The highest BCUT2D eigenvalue weighted by Gasteiger charge is 2.14. The van der Waals surface area contributed by atoms with Crippen LogP contribution in [-0.4, -0.2) is 70.0 Å². The van der Waals surface area contributed by atoms with Crippen molar-refractivity contribution in [3.8, 4) is 0 Å². The van der Waals surface area contributed by atoms with Gasteiger partial charge in [-0.05, 0) is 6.92 Å². The summed E-state index contributed by atoms with van der Waals surface area (Å²) in [6.45, 7) is 6.17. The Hall–Kier alpha value is -2.75. The third-order valence-electron chi connectivity index (χ3n) is 3.68. The summed E-state index contributed by atoms with van der Waals surface area (Å²) in [6.07, 6.45) is 2.91. The quantitative estimate of drug-likeness (QED) is 0.642. The molecule has 2 N–H and O–H groups in total. The lowest BCUT2D eigenvalue weighted by Crippen LogP contribution is -2.37. The van der Waals surface area contributed by atoms with Gasteiger partial charge in [0.25, 0.3) is 0 Å². The first-order chi connectivity index (χ1) is 12.2. The van der Waals surface area contributed by atoms with Crippen molar-refractivity contribution >= 4 is 17.5 Å². The molecule has 3 rings (SSSR count). The van der Waals surface area contributed by atoms with Gasteiger partial charge in [-0.3, -0.25) is 4.79 Å². The van der Waals surface area contributed by atoms with E-state index in [9.17, 15) is 4.79 Å². The number of carbonyl (C=O) groups excluding carboxylic acids is 1. The highest BCUT2D eigenvalue weighted by atomic mass is 16.5. The summed E-state index contributed by atoms with van der Waals surface area (Å²) < 4.78 is 6.85. The first-order valence-electron chi connectivity index (χ1n) is 8.22. The lowest BCUT2D eigenvalue weighted by Gasteiger charge is -2.28. The minimum absolute atomic E-state index is 0.111. The van der Waals surface area contributed by atoms with E-state index in [1.807, 2.05) is 13.0 Å². The van der Waals surface area contributed by atoms with Crippen molar-refractivity contribution in [1.82, 2.24) is 30.0 Å². The van der Waals surface area contributed by atoms with Crippen molar-refractivity contribution in [3.05, 3.63) is 24.5 Å². The van der Waals surface area contributed by atoms with Crippen molar-refractivity contribution in [2.75, 3.05) is 49.6 Å². The molecule has 1 aliphatic heterocycles. The lowest BCUT2D eigenvalue weighted by atomic mass is 10.4. The van der Waals surface area contributed by atoms with Crippen LogP contribution in [0.1, 0.15) is 5.82 Å². The van der Waals surface area contributed by atoms with Gasteiger partial charge >= 0.3 is 0 Å². The summed E-state index contributed by atoms with van der Waals surface area (Å²) in [5, 5.41) is 9.94. The Bertz CT molecular complexity index is 685. The summed E-state index contributed by atoms with van der Waals surface area (Å²) >= 11 is 0. The Morgan fingerprint density at radius 1 is 1.28 bits per heavy atom. The van der Waals surface area contributed by atoms with E-state index in [1.54, 1.807) is 0 Å². The Kier molecular flexibility index (Phi) is 5.73. The molecule has 3 heterocycles. The van der Waals surface area contributed by atoms with E-state index in [1.165, 1.54) is 17.3 Å². The van der Waals surface area contributed by atoms with Crippen molar-refractivity contribution in [3.63, 3.8) is 0 Å². The van der Waals surface area contributed by atoms with Crippen LogP contribution >= 0.6 is 0 Å². The molecule has 10 nitrogen and oxygen atoms in total. The first-order valence-corrected chi connectivity index (χ1v) is 8.22. The van der Waals surface area contributed by atoms with Gasteiger partial charge in [0.1, 0.15) is 36.7 Å². The number of amides is 1. The number of carbonyl (C=O) groups is 1. The number of ether oxygens (including phenoxy) is 1. The molecule has 0 bridgehead atoms. The zero-order valence-electron chi connectivity index (χ0n) is 14.2. The van der Waals surface area contributed by atoms with Crippen LogP contribution in [0, 0.1) is 6.92 Å². The van der Waals surface area contributed by atoms with Crippen LogP contribution in [0.3, 0.4) is 0 Å². The molecule has 1 aliphatic rings. The fraction of sp³-hybridized carbons (Fsp3) is 0.533. The minimum atomic E-state index is -0.111. The molecular weight excluding hydrogens is 324 g/mol. The number of anilines is 2. The van der Waals surface area contributed by atoms with Crippen LogP contribution in [0.5, 0.6) is 0 Å². The third kappa shape index (κ3) is 5.11. The molecule has 25 heavy (non-hydrogen) atoms. The predicted octanol–water partition coefficient (Wildman–Crippen LogP) is -0.559.